The second-order valence-corrected chi connectivity index (χ2v) is 3.34. The Labute approximate surface area is 91.7 Å². The molecule has 2 rings (SSSR count). The SMILES string of the molecule is O=[N+]([O-])c1ccc(CCn2ccnn2)cc1. The molecular formula is C10H10N4O2. The first-order chi connectivity index (χ1) is 7.75. The normalized spacial score (nSPS) is 10.2. The number of benzene rings is 1. The zero-order chi connectivity index (χ0) is 11.4. The number of nitro benzene ring substituents is 1. The quantitative estimate of drug-likeness (QED) is 0.574. The fourth-order valence-corrected chi connectivity index (χ4v) is 1.38. The highest BCUT2D eigenvalue weighted by atomic mass is 16.6. The van der Waals surface area contributed by atoms with E-state index >= 15 is 0 Å². The van der Waals surface area contributed by atoms with Gasteiger partial charge in [-0.3, -0.25) is 14.8 Å². The van der Waals surface area contributed by atoms with Crippen LogP contribution in [-0.4, -0.2) is 19.9 Å². The van der Waals surface area contributed by atoms with Crippen molar-refractivity contribution in [1.29, 1.82) is 0 Å². The fourth-order valence-electron chi connectivity index (χ4n) is 1.38. The molecule has 1 aromatic heterocycles. The predicted molar refractivity (Wildman–Crippen MR) is 56.8 cm³/mol. The van der Waals surface area contributed by atoms with Crippen molar-refractivity contribution in [3.05, 3.63) is 52.3 Å². The van der Waals surface area contributed by atoms with E-state index < -0.39 is 4.92 Å². The van der Waals surface area contributed by atoms with Gasteiger partial charge in [0.1, 0.15) is 0 Å². The molecule has 6 nitrogen and oxygen atoms in total. The first-order valence-electron chi connectivity index (χ1n) is 4.83. The van der Waals surface area contributed by atoms with Crippen molar-refractivity contribution in [2.45, 2.75) is 13.0 Å². The highest BCUT2D eigenvalue weighted by molar-refractivity contribution is 5.32. The van der Waals surface area contributed by atoms with Crippen molar-refractivity contribution in [2.75, 3.05) is 0 Å². The minimum Gasteiger partial charge on any atom is -0.258 e. The summed E-state index contributed by atoms with van der Waals surface area (Å²) < 4.78 is 1.72. The van der Waals surface area contributed by atoms with Crippen molar-refractivity contribution in [3.8, 4) is 0 Å². The number of aromatic nitrogens is 3. The summed E-state index contributed by atoms with van der Waals surface area (Å²) in [6.07, 6.45) is 4.18. The molecule has 1 heterocycles. The number of nitrogens with zero attached hydrogens (tertiary/aromatic N) is 4. The van der Waals surface area contributed by atoms with E-state index in [0.717, 1.165) is 18.5 Å². The number of aryl methyl sites for hydroxylation is 2. The average Bonchev–Trinajstić information content (AvgIpc) is 2.80. The Bertz CT molecular complexity index is 464. The standard InChI is InChI=1S/C10H10N4O2/c15-14(16)10-3-1-9(2-4-10)5-7-13-8-6-11-12-13/h1-4,6,8H,5,7H2. The molecule has 0 spiro atoms. The highest BCUT2D eigenvalue weighted by Crippen LogP contribution is 2.12. The van der Waals surface area contributed by atoms with E-state index in [4.69, 9.17) is 0 Å². The molecular weight excluding hydrogens is 208 g/mol. The van der Waals surface area contributed by atoms with Gasteiger partial charge in [-0.2, -0.15) is 0 Å². The third-order valence-corrected chi connectivity index (χ3v) is 2.25. The minimum atomic E-state index is -0.402. The molecule has 0 bridgehead atoms. The van der Waals surface area contributed by atoms with E-state index in [1.54, 1.807) is 29.2 Å². The summed E-state index contributed by atoms with van der Waals surface area (Å²) in [5, 5.41) is 18.0. The Morgan fingerprint density at radius 1 is 1.31 bits per heavy atom. The van der Waals surface area contributed by atoms with Gasteiger partial charge in [-0.1, -0.05) is 17.3 Å². The summed E-state index contributed by atoms with van der Waals surface area (Å²) in [6.45, 7) is 0.720. The first kappa shape index (κ1) is 10.3. The maximum Gasteiger partial charge on any atom is 0.269 e. The Balaban J connectivity index is 1.98. The van der Waals surface area contributed by atoms with Gasteiger partial charge in [0, 0.05) is 24.9 Å². The lowest BCUT2D eigenvalue weighted by Gasteiger charge is -2.00. The van der Waals surface area contributed by atoms with E-state index in [9.17, 15) is 10.1 Å². The zero-order valence-electron chi connectivity index (χ0n) is 8.48. The molecule has 0 N–H and O–H groups in total. The number of nitro groups is 1. The minimum absolute atomic E-state index is 0.115. The molecule has 0 radical (unpaired) electrons. The third-order valence-electron chi connectivity index (χ3n) is 2.25. The molecule has 16 heavy (non-hydrogen) atoms. The molecule has 0 aliphatic heterocycles. The Morgan fingerprint density at radius 3 is 2.62 bits per heavy atom. The number of hydrogen-bond donors (Lipinski definition) is 0. The van der Waals surface area contributed by atoms with Gasteiger partial charge in [-0.25, -0.2) is 0 Å². The molecule has 0 aliphatic rings. The molecule has 0 unspecified atom stereocenters. The van der Waals surface area contributed by atoms with E-state index in [1.165, 1.54) is 12.1 Å². The van der Waals surface area contributed by atoms with Crippen molar-refractivity contribution < 1.29 is 4.92 Å². The van der Waals surface area contributed by atoms with Crippen LogP contribution in [0.2, 0.25) is 0 Å². The van der Waals surface area contributed by atoms with Crippen LogP contribution in [-0.2, 0) is 13.0 Å². The highest BCUT2D eigenvalue weighted by Gasteiger charge is 2.03. The van der Waals surface area contributed by atoms with E-state index in [-0.39, 0.29) is 5.69 Å². The van der Waals surface area contributed by atoms with Crippen LogP contribution >= 0.6 is 0 Å². The van der Waals surface area contributed by atoms with Crippen molar-refractivity contribution in [1.82, 2.24) is 15.0 Å². The molecule has 82 valence electrons. The Hall–Kier alpha value is -2.24. The molecule has 0 saturated heterocycles. The fraction of sp³-hybridized carbons (Fsp3) is 0.200. The van der Waals surface area contributed by atoms with Crippen LogP contribution in [0.5, 0.6) is 0 Å². The predicted octanol–water partition coefficient (Wildman–Crippen LogP) is 1.43. The van der Waals surface area contributed by atoms with Gasteiger partial charge in [0.15, 0.2) is 0 Å². The molecule has 0 saturated carbocycles. The second kappa shape index (κ2) is 4.52. The average molecular weight is 218 g/mol. The molecule has 0 atom stereocenters. The largest absolute Gasteiger partial charge is 0.269 e. The van der Waals surface area contributed by atoms with Gasteiger partial charge < -0.3 is 0 Å². The van der Waals surface area contributed by atoms with E-state index in [2.05, 4.69) is 10.3 Å². The summed E-state index contributed by atoms with van der Waals surface area (Å²) in [4.78, 5) is 10.0. The Kier molecular flexibility index (Phi) is 2.90. The van der Waals surface area contributed by atoms with Crippen molar-refractivity contribution in [3.63, 3.8) is 0 Å². The molecule has 0 fully saturated rings. The summed E-state index contributed by atoms with van der Waals surface area (Å²) in [6, 6.07) is 6.54. The zero-order valence-corrected chi connectivity index (χ0v) is 8.48. The number of rotatable bonds is 4. The maximum atomic E-state index is 10.4. The monoisotopic (exact) mass is 218 g/mol. The molecule has 0 aliphatic carbocycles. The molecule has 6 heteroatoms. The topological polar surface area (TPSA) is 73.8 Å². The molecule has 0 amide bonds. The van der Waals surface area contributed by atoms with Crippen LogP contribution in [0.25, 0.3) is 0 Å². The van der Waals surface area contributed by atoms with Crippen LogP contribution < -0.4 is 0 Å². The van der Waals surface area contributed by atoms with E-state index in [1.807, 2.05) is 0 Å². The smallest absolute Gasteiger partial charge is 0.258 e. The summed E-state index contributed by atoms with van der Waals surface area (Å²) in [5.74, 6) is 0. The van der Waals surface area contributed by atoms with Gasteiger partial charge in [0.05, 0.1) is 11.1 Å². The summed E-state index contributed by atoms with van der Waals surface area (Å²) in [7, 11) is 0. The lowest BCUT2D eigenvalue weighted by atomic mass is 10.1. The first-order valence-corrected chi connectivity index (χ1v) is 4.83. The van der Waals surface area contributed by atoms with Gasteiger partial charge >= 0.3 is 0 Å². The van der Waals surface area contributed by atoms with Crippen LogP contribution in [0, 0.1) is 10.1 Å². The van der Waals surface area contributed by atoms with Gasteiger partial charge in [0.25, 0.3) is 5.69 Å². The third kappa shape index (κ3) is 2.41. The van der Waals surface area contributed by atoms with Gasteiger partial charge in [0.2, 0.25) is 0 Å². The number of non-ortho nitro benzene ring substituents is 1. The van der Waals surface area contributed by atoms with Crippen molar-refractivity contribution in [2.24, 2.45) is 0 Å². The maximum absolute atomic E-state index is 10.4. The summed E-state index contributed by atoms with van der Waals surface area (Å²) in [5.41, 5.74) is 1.16. The van der Waals surface area contributed by atoms with E-state index in [0.29, 0.717) is 0 Å². The lowest BCUT2D eigenvalue weighted by Crippen LogP contribution is -2.02. The molecule has 1 aromatic carbocycles. The second-order valence-electron chi connectivity index (χ2n) is 3.34. The summed E-state index contributed by atoms with van der Waals surface area (Å²) >= 11 is 0. The van der Waals surface area contributed by atoms with Crippen molar-refractivity contribution >= 4 is 5.69 Å². The van der Waals surface area contributed by atoms with Crippen LogP contribution in [0.15, 0.2) is 36.7 Å². The van der Waals surface area contributed by atoms with Crippen LogP contribution in [0.4, 0.5) is 5.69 Å². The number of hydrogen-bond acceptors (Lipinski definition) is 4. The van der Waals surface area contributed by atoms with Gasteiger partial charge in [-0.05, 0) is 12.0 Å². The van der Waals surface area contributed by atoms with Gasteiger partial charge in [-0.15, -0.1) is 5.10 Å². The lowest BCUT2D eigenvalue weighted by molar-refractivity contribution is -0.384. The van der Waals surface area contributed by atoms with Crippen LogP contribution in [0.3, 0.4) is 0 Å². The van der Waals surface area contributed by atoms with Crippen LogP contribution in [0.1, 0.15) is 5.56 Å². The molecule has 2 aromatic rings. The Morgan fingerprint density at radius 2 is 2.06 bits per heavy atom.